The Bertz CT molecular complexity index is 801. The number of methoxy groups -OCH3 is 1. The molecule has 0 aliphatic rings. The molecule has 0 saturated heterocycles. The van der Waals surface area contributed by atoms with Crippen molar-refractivity contribution in [3.8, 4) is 5.75 Å². The van der Waals surface area contributed by atoms with Gasteiger partial charge >= 0.3 is 0 Å². The first-order chi connectivity index (χ1) is 12.9. The Balaban J connectivity index is 1.86. The summed E-state index contributed by atoms with van der Waals surface area (Å²) in [5.74, 6) is 0.183. The van der Waals surface area contributed by atoms with Crippen LogP contribution in [0.15, 0.2) is 59.1 Å². The van der Waals surface area contributed by atoms with Crippen LogP contribution < -0.4 is 15.4 Å². The Morgan fingerprint density at radius 1 is 1.00 bits per heavy atom. The number of rotatable bonds is 7. The van der Waals surface area contributed by atoms with E-state index in [1.54, 1.807) is 20.1 Å². The van der Waals surface area contributed by atoms with E-state index in [2.05, 4.69) is 26.6 Å². The first-order valence-electron chi connectivity index (χ1n) is 8.57. The minimum absolute atomic E-state index is 0.153. The molecule has 0 heterocycles. The van der Waals surface area contributed by atoms with E-state index < -0.39 is 6.04 Å². The van der Waals surface area contributed by atoms with Gasteiger partial charge in [0, 0.05) is 10.5 Å². The number of carbonyl (C=O) groups is 2. The predicted octanol–water partition coefficient (Wildman–Crippen LogP) is 3.85. The van der Waals surface area contributed by atoms with Gasteiger partial charge in [0.15, 0.2) is 0 Å². The molecule has 142 valence electrons. The summed E-state index contributed by atoms with van der Waals surface area (Å²) in [6.07, 6.45) is 3.09. The van der Waals surface area contributed by atoms with Crippen LogP contribution in [0.25, 0.3) is 6.08 Å². The van der Waals surface area contributed by atoms with Crippen molar-refractivity contribution >= 4 is 33.8 Å². The largest absolute Gasteiger partial charge is 0.497 e. The molecule has 2 N–H and O–H groups in total. The summed E-state index contributed by atoms with van der Waals surface area (Å²) < 4.78 is 6.07. The van der Waals surface area contributed by atoms with Crippen molar-refractivity contribution < 1.29 is 14.3 Å². The van der Waals surface area contributed by atoms with Crippen molar-refractivity contribution in [2.24, 2.45) is 0 Å². The highest BCUT2D eigenvalue weighted by Gasteiger charge is 2.17. The molecule has 2 amide bonds. The lowest BCUT2D eigenvalue weighted by Crippen LogP contribution is -2.45. The Morgan fingerprint density at radius 3 is 2.22 bits per heavy atom. The molecule has 0 aliphatic heterocycles. The van der Waals surface area contributed by atoms with Gasteiger partial charge in [-0.15, -0.1) is 0 Å². The molecule has 6 heteroatoms. The van der Waals surface area contributed by atoms with Crippen LogP contribution in [0.5, 0.6) is 5.75 Å². The smallest absolute Gasteiger partial charge is 0.244 e. The molecule has 2 atom stereocenters. The highest BCUT2D eigenvalue weighted by atomic mass is 79.9. The van der Waals surface area contributed by atoms with E-state index in [0.29, 0.717) is 0 Å². The summed E-state index contributed by atoms with van der Waals surface area (Å²) in [4.78, 5) is 24.3. The lowest BCUT2D eigenvalue weighted by molar-refractivity contribution is -0.127. The molecule has 2 rings (SSSR count). The fourth-order valence-corrected chi connectivity index (χ4v) is 2.65. The van der Waals surface area contributed by atoms with Crippen LogP contribution in [-0.4, -0.2) is 25.0 Å². The van der Waals surface area contributed by atoms with Gasteiger partial charge in [-0.3, -0.25) is 9.59 Å². The molecule has 2 unspecified atom stereocenters. The first kappa shape index (κ1) is 20.7. The molecule has 0 saturated carbocycles. The molecule has 5 nitrogen and oxygen atoms in total. The number of carbonyl (C=O) groups excluding carboxylic acids is 2. The van der Waals surface area contributed by atoms with Crippen molar-refractivity contribution in [3.05, 3.63) is 70.2 Å². The fourth-order valence-electron chi connectivity index (χ4n) is 2.39. The maximum Gasteiger partial charge on any atom is 0.244 e. The molecule has 0 bridgehead atoms. The number of hydrogen-bond donors (Lipinski definition) is 2. The molecule has 0 radical (unpaired) electrons. The summed E-state index contributed by atoms with van der Waals surface area (Å²) in [6, 6.07) is 14.3. The zero-order valence-electron chi connectivity index (χ0n) is 15.5. The van der Waals surface area contributed by atoms with Crippen molar-refractivity contribution in [1.29, 1.82) is 0 Å². The second kappa shape index (κ2) is 9.92. The highest BCUT2D eigenvalue weighted by molar-refractivity contribution is 9.10. The Kier molecular flexibility index (Phi) is 7.61. The average Bonchev–Trinajstić information content (AvgIpc) is 2.67. The van der Waals surface area contributed by atoms with Crippen molar-refractivity contribution in [3.63, 3.8) is 0 Å². The summed E-state index contributed by atoms with van der Waals surface area (Å²) in [5, 5.41) is 5.57. The molecule has 0 aliphatic carbocycles. The molecular formula is C21H23BrN2O3. The quantitative estimate of drug-likeness (QED) is 0.655. The summed E-state index contributed by atoms with van der Waals surface area (Å²) in [7, 11) is 1.60. The third kappa shape index (κ3) is 6.57. The van der Waals surface area contributed by atoms with Crippen LogP contribution in [0, 0.1) is 0 Å². The second-order valence-corrected chi connectivity index (χ2v) is 7.03. The van der Waals surface area contributed by atoms with E-state index in [9.17, 15) is 9.59 Å². The van der Waals surface area contributed by atoms with Crippen molar-refractivity contribution in [2.45, 2.75) is 25.9 Å². The van der Waals surface area contributed by atoms with Crippen LogP contribution in [0.2, 0.25) is 0 Å². The number of halogens is 1. The molecule has 2 aromatic carbocycles. The van der Waals surface area contributed by atoms with E-state index in [0.717, 1.165) is 21.3 Å². The Hall–Kier alpha value is -2.60. The third-order valence-corrected chi connectivity index (χ3v) is 4.55. The normalized spacial score (nSPS) is 13.0. The summed E-state index contributed by atoms with van der Waals surface area (Å²) in [5.41, 5.74) is 1.86. The topological polar surface area (TPSA) is 67.4 Å². The number of benzene rings is 2. The van der Waals surface area contributed by atoms with Gasteiger partial charge in [-0.2, -0.15) is 0 Å². The molecule has 0 spiro atoms. The van der Waals surface area contributed by atoms with Crippen molar-refractivity contribution in [1.82, 2.24) is 10.6 Å². The van der Waals surface area contributed by atoms with E-state index in [-0.39, 0.29) is 17.9 Å². The SMILES string of the molecule is COc1ccc(/C=C/C(=O)NC(C)C(=O)NC(C)c2ccc(Br)cc2)cc1. The molecule has 0 fully saturated rings. The number of nitrogens with one attached hydrogen (secondary N) is 2. The lowest BCUT2D eigenvalue weighted by Gasteiger charge is -2.18. The zero-order valence-corrected chi connectivity index (χ0v) is 17.1. The van der Waals surface area contributed by atoms with Crippen LogP contribution in [-0.2, 0) is 9.59 Å². The van der Waals surface area contributed by atoms with Crippen LogP contribution >= 0.6 is 15.9 Å². The van der Waals surface area contributed by atoms with Gasteiger partial charge in [-0.25, -0.2) is 0 Å². The summed E-state index contributed by atoms with van der Waals surface area (Å²) in [6.45, 7) is 3.56. The first-order valence-corrected chi connectivity index (χ1v) is 9.37. The maximum atomic E-state index is 12.3. The number of amides is 2. The van der Waals surface area contributed by atoms with E-state index in [1.807, 2.05) is 55.5 Å². The van der Waals surface area contributed by atoms with E-state index >= 15 is 0 Å². The van der Waals surface area contributed by atoms with Gasteiger partial charge in [0.1, 0.15) is 11.8 Å². The summed E-state index contributed by atoms with van der Waals surface area (Å²) >= 11 is 3.39. The standard InChI is InChI=1S/C21H23BrN2O3/c1-14(17-7-9-18(22)10-8-17)24-21(26)15(2)23-20(25)13-6-16-4-11-19(27-3)12-5-16/h4-15H,1-3H3,(H,23,25)(H,24,26)/b13-6+. The lowest BCUT2D eigenvalue weighted by atomic mass is 10.1. The van der Waals surface area contributed by atoms with Crippen LogP contribution in [0.4, 0.5) is 0 Å². The van der Waals surface area contributed by atoms with E-state index in [4.69, 9.17) is 4.74 Å². The number of ether oxygens (including phenoxy) is 1. The van der Waals surface area contributed by atoms with Crippen LogP contribution in [0.1, 0.15) is 31.0 Å². The van der Waals surface area contributed by atoms with Crippen LogP contribution in [0.3, 0.4) is 0 Å². The van der Waals surface area contributed by atoms with Gasteiger partial charge in [0.25, 0.3) is 0 Å². The van der Waals surface area contributed by atoms with E-state index in [1.165, 1.54) is 6.08 Å². The van der Waals surface area contributed by atoms with Crippen molar-refractivity contribution in [2.75, 3.05) is 7.11 Å². The average molecular weight is 431 g/mol. The zero-order chi connectivity index (χ0) is 19.8. The fraction of sp³-hybridized carbons (Fsp3) is 0.238. The highest BCUT2D eigenvalue weighted by Crippen LogP contribution is 2.16. The predicted molar refractivity (Wildman–Crippen MR) is 110 cm³/mol. The number of hydrogen-bond acceptors (Lipinski definition) is 3. The third-order valence-electron chi connectivity index (χ3n) is 4.02. The second-order valence-electron chi connectivity index (χ2n) is 6.12. The monoisotopic (exact) mass is 430 g/mol. The molecular weight excluding hydrogens is 408 g/mol. The molecule has 2 aromatic rings. The minimum Gasteiger partial charge on any atom is -0.497 e. The van der Waals surface area contributed by atoms with Gasteiger partial charge < -0.3 is 15.4 Å². The van der Waals surface area contributed by atoms with Gasteiger partial charge in [-0.05, 0) is 55.3 Å². The Morgan fingerprint density at radius 2 is 1.63 bits per heavy atom. The molecule has 27 heavy (non-hydrogen) atoms. The maximum absolute atomic E-state index is 12.3. The van der Waals surface area contributed by atoms with Gasteiger partial charge in [0.05, 0.1) is 13.2 Å². The van der Waals surface area contributed by atoms with Gasteiger partial charge in [-0.1, -0.05) is 40.2 Å². The minimum atomic E-state index is -0.643. The Labute approximate surface area is 167 Å². The molecule has 0 aromatic heterocycles. The van der Waals surface area contributed by atoms with Gasteiger partial charge in [0.2, 0.25) is 11.8 Å².